The number of halogens is 1. The van der Waals surface area contributed by atoms with Crippen LogP contribution in [0.3, 0.4) is 0 Å². The second-order valence-corrected chi connectivity index (χ2v) is 6.10. The summed E-state index contributed by atoms with van der Waals surface area (Å²) in [5, 5.41) is 28.5. The van der Waals surface area contributed by atoms with Crippen LogP contribution < -0.4 is 0 Å². The van der Waals surface area contributed by atoms with Crippen LogP contribution in [0.4, 0.5) is 0 Å². The highest BCUT2D eigenvalue weighted by atomic mass is 35.5. The lowest BCUT2D eigenvalue weighted by atomic mass is 9.81. The average Bonchev–Trinajstić information content (AvgIpc) is 3.00. The number of aliphatic hydroxyl groups is 3. The van der Waals surface area contributed by atoms with Crippen LogP contribution in [-0.4, -0.2) is 56.0 Å². The van der Waals surface area contributed by atoms with Crippen LogP contribution in [0.5, 0.6) is 0 Å². The smallest absolute Gasteiger partial charge is 0.188 e. The fourth-order valence-electron chi connectivity index (χ4n) is 2.15. The molecular formula is C12H17ClO5. The molecule has 0 aromatic carbocycles. The summed E-state index contributed by atoms with van der Waals surface area (Å²) in [7, 11) is 0. The molecular weight excluding hydrogens is 260 g/mol. The Bertz CT molecular complexity index is 409. The van der Waals surface area contributed by atoms with Crippen molar-refractivity contribution in [2.75, 3.05) is 0 Å². The monoisotopic (exact) mass is 276 g/mol. The third-order valence-corrected chi connectivity index (χ3v) is 4.13. The quantitative estimate of drug-likeness (QED) is 0.478. The zero-order valence-electron chi connectivity index (χ0n) is 10.4. The summed E-state index contributed by atoms with van der Waals surface area (Å²) >= 11 is 5.90. The standard InChI is InChI=1S/C12H17ClO5/c1-11(2,16)10-8(18-10)5-4-6(14)12(3,17)9(13)7(5)15/h4,7-10,15-17H,1-3H3/t7-,8?,9+,10?,12+/m1/s1. The Morgan fingerprint density at radius 2 is 2.06 bits per heavy atom. The molecule has 18 heavy (non-hydrogen) atoms. The van der Waals surface area contributed by atoms with Gasteiger partial charge in [-0.05, 0) is 32.4 Å². The summed E-state index contributed by atoms with van der Waals surface area (Å²) in [4.78, 5) is 11.7. The minimum atomic E-state index is -1.79. The Balaban J connectivity index is 2.24. The van der Waals surface area contributed by atoms with Crippen molar-refractivity contribution in [3.63, 3.8) is 0 Å². The zero-order valence-corrected chi connectivity index (χ0v) is 11.2. The molecule has 0 aromatic heterocycles. The minimum absolute atomic E-state index is 0.318. The van der Waals surface area contributed by atoms with Gasteiger partial charge in [-0.25, -0.2) is 0 Å². The molecule has 6 heteroatoms. The van der Waals surface area contributed by atoms with E-state index in [1.165, 1.54) is 13.0 Å². The van der Waals surface area contributed by atoms with Crippen molar-refractivity contribution in [3.05, 3.63) is 11.6 Å². The summed E-state index contributed by atoms with van der Waals surface area (Å²) in [5.41, 5.74) is -2.53. The lowest BCUT2D eigenvalue weighted by molar-refractivity contribution is -0.133. The Labute approximate surface area is 110 Å². The van der Waals surface area contributed by atoms with Gasteiger partial charge < -0.3 is 20.1 Å². The molecule has 0 amide bonds. The van der Waals surface area contributed by atoms with E-state index in [1.807, 2.05) is 0 Å². The van der Waals surface area contributed by atoms with Crippen molar-refractivity contribution in [1.29, 1.82) is 0 Å². The summed E-state index contributed by atoms with van der Waals surface area (Å²) in [6.07, 6.45) is -1.00. The molecule has 102 valence electrons. The maximum absolute atomic E-state index is 11.7. The third kappa shape index (κ3) is 2.10. The molecule has 0 aromatic rings. The summed E-state index contributed by atoms with van der Waals surface area (Å²) in [6.45, 7) is 4.44. The molecule has 2 unspecified atom stereocenters. The first-order chi connectivity index (χ1) is 8.06. The molecule has 0 spiro atoms. The fourth-order valence-corrected chi connectivity index (χ4v) is 2.40. The number of hydrogen-bond donors (Lipinski definition) is 3. The lowest BCUT2D eigenvalue weighted by Gasteiger charge is -2.34. The van der Waals surface area contributed by atoms with Gasteiger partial charge in [0.05, 0.1) is 17.1 Å². The maximum atomic E-state index is 11.7. The number of ketones is 1. The number of rotatable bonds is 2. The second kappa shape index (κ2) is 4.02. The molecule has 0 saturated carbocycles. The molecule has 2 aliphatic rings. The largest absolute Gasteiger partial charge is 0.388 e. The number of ether oxygens (including phenoxy) is 1. The van der Waals surface area contributed by atoms with Gasteiger partial charge in [-0.3, -0.25) is 4.79 Å². The zero-order chi connectivity index (χ0) is 13.9. The number of alkyl halides is 1. The van der Waals surface area contributed by atoms with E-state index in [-0.39, 0.29) is 0 Å². The van der Waals surface area contributed by atoms with Crippen molar-refractivity contribution in [3.8, 4) is 0 Å². The molecule has 1 aliphatic carbocycles. The van der Waals surface area contributed by atoms with E-state index >= 15 is 0 Å². The molecule has 1 aliphatic heterocycles. The van der Waals surface area contributed by atoms with Gasteiger partial charge in [0.25, 0.3) is 0 Å². The van der Waals surface area contributed by atoms with E-state index in [2.05, 4.69) is 0 Å². The molecule has 0 bridgehead atoms. The van der Waals surface area contributed by atoms with Gasteiger partial charge in [0.1, 0.15) is 17.8 Å². The molecule has 5 atom stereocenters. The summed E-state index contributed by atoms with van der Waals surface area (Å²) in [6, 6.07) is 0. The van der Waals surface area contributed by atoms with E-state index < -0.39 is 40.7 Å². The second-order valence-electron chi connectivity index (χ2n) is 5.63. The lowest BCUT2D eigenvalue weighted by Crippen LogP contribution is -2.53. The van der Waals surface area contributed by atoms with E-state index in [4.69, 9.17) is 16.3 Å². The Hall–Kier alpha value is -0.460. The third-order valence-electron chi connectivity index (χ3n) is 3.47. The summed E-state index contributed by atoms with van der Waals surface area (Å²) < 4.78 is 5.29. The average molecular weight is 277 g/mol. The first-order valence-corrected chi connectivity index (χ1v) is 6.18. The van der Waals surface area contributed by atoms with E-state index in [9.17, 15) is 20.1 Å². The highest BCUT2D eigenvalue weighted by Gasteiger charge is 2.56. The highest BCUT2D eigenvalue weighted by molar-refractivity contribution is 6.25. The van der Waals surface area contributed by atoms with Crippen LogP contribution in [0, 0.1) is 0 Å². The Morgan fingerprint density at radius 3 is 2.50 bits per heavy atom. The van der Waals surface area contributed by atoms with Gasteiger partial charge in [-0.15, -0.1) is 11.6 Å². The number of aliphatic hydroxyl groups excluding tert-OH is 1. The van der Waals surface area contributed by atoms with Gasteiger partial charge >= 0.3 is 0 Å². The van der Waals surface area contributed by atoms with Gasteiger partial charge in [0.15, 0.2) is 5.78 Å². The van der Waals surface area contributed by atoms with Crippen molar-refractivity contribution in [2.45, 2.75) is 55.7 Å². The minimum Gasteiger partial charge on any atom is -0.388 e. The van der Waals surface area contributed by atoms with Crippen LogP contribution in [-0.2, 0) is 9.53 Å². The number of hydrogen-bond acceptors (Lipinski definition) is 5. The van der Waals surface area contributed by atoms with Gasteiger partial charge in [-0.2, -0.15) is 0 Å². The van der Waals surface area contributed by atoms with Crippen molar-refractivity contribution >= 4 is 17.4 Å². The first kappa shape index (κ1) is 14.0. The van der Waals surface area contributed by atoms with Gasteiger partial charge in [0, 0.05) is 0 Å². The van der Waals surface area contributed by atoms with Crippen LogP contribution in [0.15, 0.2) is 11.6 Å². The van der Waals surface area contributed by atoms with Crippen LogP contribution >= 0.6 is 11.6 Å². The topological polar surface area (TPSA) is 90.3 Å². The number of carbonyl (C=O) groups is 1. The van der Waals surface area contributed by atoms with Gasteiger partial charge in [0.2, 0.25) is 0 Å². The van der Waals surface area contributed by atoms with E-state index in [0.717, 1.165) is 0 Å². The summed E-state index contributed by atoms with van der Waals surface area (Å²) in [5.74, 6) is -0.562. The molecule has 1 saturated heterocycles. The van der Waals surface area contributed by atoms with Crippen LogP contribution in [0.2, 0.25) is 0 Å². The van der Waals surface area contributed by atoms with Crippen LogP contribution in [0.25, 0.3) is 0 Å². The highest BCUT2D eigenvalue weighted by Crippen LogP contribution is 2.42. The van der Waals surface area contributed by atoms with E-state index in [1.54, 1.807) is 13.8 Å². The molecule has 1 heterocycles. The molecule has 1 fully saturated rings. The SMILES string of the molecule is CC(C)(O)C1OC1C1=CC(=O)[C@](C)(O)[C@@H](Cl)[C@@H]1O. The molecule has 0 radical (unpaired) electrons. The van der Waals surface area contributed by atoms with Gasteiger partial charge in [-0.1, -0.05) is 0 Å². The predicted molar refractivity (Wildman–Crippen MR) is 64.3 cm³/mol. The first-order valence-electron chi connectivity index (χ1n) is 5.75. The van der Waals surface area contributed by atoms with Crippen molar-refractivity contribution < 1.29 is 24.9 Å². The molecule has 3 N–H and O–H groups in total. The maximum Gasteiger partial charge on any atom is 0.188 e. The molecule has 2 rings (SSSR count). The normalized spacial score (nSPS) is 44.8. The van der Waals surface area contributed by atoms with Crippen molar-refractivity contribution in [1.82, 2.24) is 0 Å². The Morgan fingerprint density at radius 1 is 1.50 bits per heavy atom. The van der Waals surface area contributed by atoms with Crippen LogP contribution in [0.1, 0.15) is 20.8 Å². The van der Waals surface area contributed by atoms with E-state index in [0.29, 0.717) is 5.57 Å². The Kier molecular flexibility index (Phi) is 3.11. The molecule has 5 nitrogen and oxygen atoms in total. The number of epoxide rings is 1. The fraction of sp³-hybridized carbons (Fsp3) is 0.750. The van der Waals surface area contributed by atoms with Crippen molar-refractivity contribution in [2.24, 2.45) is 0 Å². The number of carbonyl (C=O) groups excluding carboxylic acids is 1. The predicted octanol–water partition coefficient (Wildman–Crippen LogP) is -0.247.